The second kappa shape index (κ2) is 7.24. The molecule has 0 fully saturated rings. The van der Waals surface area contributed by atoms with E-state index in [1.807, 2.05) is 0 Å². The molecule has 0 amide bonds. The Labute approximate surface area is 102 Å². The number of nitrogens with zero attached hydrogens (tertiary/aromatic N) is 3. The Bertz CT molecular complexity index is 314. The highest BCUT2D eigenvalue weighted by molar-refractivity contribution is 5.24. The molecule has 17 heavy (non-hydrogen) atoms. The van der Waals surface area contributed by atoms with Gasteiger partial charge in [-0.25, -0.2) is 0 Å². The van der Waals surface area contributed by atoms with Crippen molar-refractivity contribution in [3.8, 4) is 0 Å². The average Bonchev–Trinajstić information content (AvgIpc) is 2.74. The van der Waals surface area contributed by atoms with Crippen LogP contribution in [0.1, 0.15) is 26.7 Å². The zero-order valence-electron chi connectivity index (χ0n) is 11.1. The van der Waals surface area contributed by atoms with Gasteiger partial charge >= 0.3 is 6.01 Å². The van der Waals surface area contributed by atoms with E-state index < -0.39 is 0 Å². The summed E-state index contributed by atoms with van der Waals surface area (Å²) in [5.41, 5.74) is 0. The molecule has 0 atom stereocenters. The van der Waals surface area contributed by atoms with Crippen molar-refractivity contribution < 1.29 is 9.15 Å². The van der Waals surface area contributed by atoms with Gasteiger partial charge in [0.1, 0.15) is 0 Å². The number of anilines is 1. The maximum absolute atomic E-state index is 5.58. The van der Waals surface area contributed by atoms with Crippen LogP contribution >= 0.6 is 0 Å². The normalized spacial score (nSPS) is 11.1. The molecule has 1 rings (SSSR count). The van der Waals surface area contributed by atoms with E-state index in [1.54, 1.807) is 7.11 Å². The van der Waals surface area contributed by atoms with E-state index in [4.69, 9.17) is 9.15 Å². The molecule has 1 N–H and O–H groups in total. The smallest absolute Gasteiger partial charge is 0.318 e. The lowest BCUT2D eigenvalue weighted by molar-refractivity contribution is 0.198. The summed E-state index contributed by atoms with van der Waals surface area (Å²) in [6.07, 6.45) is 0. The molecule has 0 unspecified atom stereocenters. The minimum atomic E-state index is 0.356. The second-order valence-electron chi connectivity index (χ2n) is 4.03. The fourth-order valence-electron chi connectivity index (χ4n) is 1.52. The Balaban J connectivity index is 2.46. The third kappa shape index (κ3) is 4.32. The van der Waals surface area contributed by atoms with Gasteiger partial charge in [0, 0.05) is 26.2 Å². The van der Waals surface area contributed by atoms with Gasteiger partial charge in [0.05, 0.1) is 13.2 Å². The minimum Gasteiger partial charge on any atom is -0.407 e. The molecule has 1 heterocycles. The van der Waals surface area contributed by atoms with Crippen LogP contribution in [0.3, 0.4) is 0 Å². The maximum Gasteiger partial charge on any atom is 0.318 e. The topological polar surface area (TPSA) is 63.4 Å². The third-order valence-corrected chi connectivity index (χ3v) is 2.43. The van der Waals surface area contributed by atoms with Crippen LogP contribution in [-0.4, -0.2) is 43.0 Å². The van der Waals surface area contributed by atoms with Crippen LogP contribution in [0.2, 0.25) is 0 Å². The number of rotatable bonds is 8. The van der Waals surface area contributed by atoms with Crippen LogP contribution in [0.25, 0.3) is 0 Å². The first-order chi connectivity index (χ1) is 8.19. The van der Waals surface area contributed by atoms with Crippen molar-refractivity contribution in [1.82, 2.24) is 15.5 Å². The van der Waals surface area contributed by atoms with Crippen molar-refractivity contribution in [2.75, 3.05) is 31.7 Å². The van der Waals surface area contributed by atoms with Crippen LogP contribution in [0, 0.1) is 0 Å². The fraction of sp³-hybridized carbons (Fsp3) is 0.818. The fourth-order valence-corrected chi connectivity index (χ4v) is 1.52. The standard InChI is InChI=1S/C11H22N4O2/c1-5-15(9(2)3)11-14-13-10(17-11)8-12-6-7-16-4/h9,12H,5-8H2,1-4H3. The molecule has 98 valence electrons. The van der Waals surface area contributed by atoms with Gasteiger partial charge in [0.2, 0.25) is 5.89 Å². The van der Waals surface area contributed by atoms with Gasteiger partial charge < -0.3 is 19.4 Å². The van der Waals surface area contributed by atoms with Gasteiger partial charge in [-0.05, 0) is 20.8 Å². The summed E-state index contributed by atoms with van der Waals surface area (Å²) in [5.74, 6) is 0.607. The number of hydrogen-bond acceptors (Lipinski definition) is 6. The number of aromatic nitrogens is 2. The van der Waals surface area contributed by atoms with Crippen molar-refractivity contribution in [2.24, 2.45) is 0 Å². The maximum atomic E-state index is 5.58. The highest BCUT2D eigenvalue weighted by atomic mass is 16.5. The van der Waals surface area contributed by atoms with E-state index in [0.29, 0.717) is 31.1 Å². The molecule has 0 aliphatic heterocycles. The van der Waals surface area contributed by atoms with E-state index in [-0.39, 0.29) is 0 Å². The van der Waals surface area contributed by atoms with E-state index in [2.05, 4.69) is 41.2 Å². The first-order valence-corrected chi connectivity index (χ1v) is 5.97. The molecule has 0 saturated carbocycles. The largest absolute Gasteiger partial charge is 0.407 e. The molecule has 6 heteroatoms. The predicted octanol–water partition coefficient (Wildman–Crippen LogP) is 1.04. The molecule has 0 bridgehead atoms. The van der Waals surface area contributed by atoms with Crippen molar-refractivity contribution >= 4 is 6.01 Å². The van der Waals surface area contributed by atoms with Gasteiger partial charge in [-0.15, -0.1) is 5.10 Å². The number of ether oxygens (including phenoxy) is 1. The van der Waals surface area contributed by atoms with Gasteiger partial charge in [-0.3, -0.25) is 0 Å². The molecule has 1 aromatic heterocycles. The zero-order valence-corrected chi connectivity index (χ0v) is 11.1. The van der Waals surface area contributed by atoms with E-state index in [9.17, 15) is 0 Å². The van der Waals surface area contributed by atoms with Crippen molar-refractivity contribution in [3.63, 3.8) is 0 Å². The average molecular weight is 242 g/mol. The molecule has 0 saturated heterocycles. The minimum absolute atomic E-state index is 0.356. The van der Waals surface area contributed by atoms with Gasteiger partial charge in [0.15, 0.2) is 0 Å². The number of nitrogens with one attached hydrogen (secondary N) is 1. The van der Waals surface area contributed by atoms with Gasteiger partial charge in [0.25, 0.3) is 0 Å². The highest BCUT2D eigenvalue weighted by Gasteiger charge is 2.15. The van der Waals surface area contributed by atoms with Crippen LogP contribution in [0.15, 0.2) is 4.42 Å². The monoisotopic (exact) mass is 242 g/mol. The Kier molecular flexibility index (Phi) is 5.93. The molecule has 0 radical (unpaired) electrons. The third-order valence-electron chi connectivity index (χ3n) is 2.43. The first kappa shape index (κ1) is 13.9. The lowest BCUT2D eigenvalue weighted by Gasteiger charge is -2.21. The Hall–Kier alpha value is -1.14. The molecule has 0 aromatic carbocycles. The van der Waals surface area contributed by atoms with E-state index in [0.717, 1.165) is 13.1 Å². The van der Waals surface area contributed by atoms with Crippen molar-refractivity contribution in [3.05, 3.63) is 5.89 Å². The highest BCUT2D eigenvalue weighted by Crippen LogP contribution is 2.14. The number of methoxy groups -OCH3 is 1. The van der Waals surface area contributed by atoms with Gasteiger partial charge in [-0.1, -0.05) is 5.10 Å². The number of hydrogen-bond donors (Lipinski definition) is 1. The SMILES string of the molecule is CCN(c1nnc(CNCCOC)o1)C(C)C. The summed E-state index contributed by atoms with van der Waals surface area (Å²) in [4.78, 5) is 2.06. The summed E-state index contributed by atoms with van der Waals surface area (Å²) in [5, 5.41) is 11.2. The first-order valence-electron chi connectivity index (χ1n) is 5.97. The molecular weight excluding hydrogens is 220 g/mol. The summed E-state index contributed by atoms with van der Waals surface area (Å²) in [7, 11) is 1.67. The quantitative estimate of drug-likeness (QED) is 0.687. The molecule has 0 aliphatic rings. The van der Waals surface area contributed by atoms with Gasteiger partial charge in [-0.2, -0.15) is 0 Å². The lowest BCUT2D eigenvalue weighted by atomic mass is 10.3. The lowest BCUT2D eigenvalue weighted by Crippen LogP contribution is -2.30. The summed E-state index contributed by atoms with van der Waals surface area (Å²) in [6.45, 7) is 9.15. The summed E-state index contributed by atoms with van der Waals surface area (Å²) >= 11 is 0. The molecule has 0 aliphatic carbocycles. The Morgan fingerprint density at radius 2 is 2.18 bits per heavy atom. The molecule has 6 nitrogen and oxygen atoms in total. The van der Waals surface area contributed by atoms with E-state index in [1.165, 1.54) is 0 Å². The Morgan fingerprint density at radius 3 is 2.76 bits per heavy atom. The van der Waals surface area contributed by atoms with E-state index >= 15 is 0 Å². The molecule has 0 spiro atoms. The van der Waals surface area contributed by atoms with Crippen molar-refractivity contribution in [1.29, 1.82) is 0 Å². The summed E-state index contributed by atoms with van der Waals surface area (Å²) in [6, 6.07) is 0.945. The summed E-state index contributed by atoms with van der Waals surface area (Å²) < 4.78 is 10.5. The van der Waals surface area contributed by atoms with Crippen LogP contribution in [0.5, 0.6) is 0 Å². The predicted molar refractivity (Wildman–Crippen MR) is 66.0 cm³/mol. The Morgan fingerprint density at radius 1 is 1.41 bits per heavy atom. The molecule has 1 aromatic rings. The zero-order chi connectivity index (χ0) is 12.7. The van der Waals surface area contributed by atoms with Crippen LogP contribution in [-0.2, 0) is 11.3 Å². The van der Waals surface area contributed by atoms with Crippen LogP contribution in [0.4, 0.5) is 6.01 Å². The van der Waals surface area contributed by atoms with Crippen molar-refractivity contribution in [2.45, 2.75) is 33.4 Å². The van der Waals surface area contributed by atoms with Crippen LogP contribution < -0.4 is 10.2 Å². The molecular formula is C11H22N4O2. The second-order valence-corrected chi connectivity index (χ2v) is 4.03.